The van der Waals surface area contributed by atoms with Crippen molar-refractivity contribution in [1.82, 2.24) is 14.8 Å². The Balaban J connectivity index is 1.40. The minimum atomic E-state index is -0.345. The number of benzene rings is 1. The zero-order chi connectivity index (χ0) is 20.5. The Morgan fingerprint density at radius 2 is 2.00 bits per heavy atom. The Kier molecular flexibility index (Phi) is 5.36. The lowest BCUT2D eigenvalue weighted by Gasteiger charge is -2.26. The molecule has 1 fully saturated rings. The molecule has 0 saturated carbocycles. The van der Waals surface area contributed by atoms with Crippen molar-refractivity contribution in [3.05, 3.63) is 46.5 Å². The number of likely N-dealkylation sites (tertiary alicyclic amines) is 1. The summed E-state index contributed by atoms with van der Waals surface area (Å²) >= 11 is 1.41. The predicted molar refractivity (Wildman–Crippen MR) is 111 cm³/mol. The first kappa shape index (κ1) is 19.6. The molecule has 1 saturated heterocycles. The van der Waals surface area contributed by atoms with E-state index in [0.717, 1.165) is 10.6 Å². The van der Waals surface area contributed by atoms with Crippen LogP contribution in [0.3, 0.4) is 0 Å². The summed E-state index contributed by atoms with van der Waals surface area (Å²) in [6.07, 6.45) is 0.914. The van der Waals surface area contributed by atoms with E-state index in [4.69, 9.17) is 0 Å². The molecule has 2 aromatic rings. The maximum absolute atomic E-state index is 12.7. The van der Waals surface area contributed by atoms with Crippen molar-refractivity contribution in [3.8, 4) is 0 Å². The first-order valence-corrected chi connectivity index (χ1v) is 10.7. The van der Waals surface area contributed by atoms with Gasteiger partial charge in [0.25, 0.3) is 5.91 Å². The summed E-state index contributed by atoms with van der Waals surface area (Å²) in [4.78, 5) is 46.5. The summed E-state index contributed by atoms with van der Waals surface area (Å²) in [6, 6.07) is 9.34. The van der Waals surface area contributed by atoms with Crippen molar-refractivity contribution in [3.63, 3.8) is 0 Å². The summed E-state index contributed by atoms with van der Waals surface area (Å²) in [5.41, 5.74) is 1.61. The van der Waals surface area contributed by atoms with E-state index in [2.05, 4.69) is 10.3 Å². The third-order valence-electron chi connectivity index (χ3n) is 5.42. The third-order valence-corrected chi connectivity index (χ3v) is 6.42. The monoisotopic (exact) mass is 412 g/mol. The molecule has 0 aliphatic carbocycles. The Hall–Kier alpha value is -2.74. The van der Waals surface area contributed by atoms with Gasteiger partial charge in [-0.3, -0.25) is 14.4 Å². The SMILES string of the molecule is CC(C)N1CC(C(=O)Nc2nc3c(s2)CN(C(=O)c2ccccc2)CC3)CC1=O. The van der Waals surface area contributed by atoms with Gasteiger partial charge in [-0.1, -0.05) is 29.5 Å². The molecular weight excluding hydrogens is 388 g/mol. The second kappa shape index (κ2) is 7.94. The first-order valence-electron chi connectivity index (χ1n) is 9.85. The number of anilines is 1. The molecule has 7 nitrogen and oxygen atoms in total. The maximum atomic E-state index is 12.7. The molecule has 8 heteroatoms. The van der Waals surface area contributed by atoms with Gasteiger partial charge in [-0.15, -0.1) is 0 Å². The van der Waals surface area contributed by atoms with Crippen molar-refractivity contribution in [1.29, 1.82) is 0 Å². The molecule has 2 aliphatic rings. The van der Waals surface area contributed by atoms with E-state index in [1.807, 2.05) is 49.1 Å². The number of aromatic nitrogens is 1. The number of amides is 3. The van der Waals surface area contributed by atoms with Gasteiger partial charge in [0, 0.05) is 42.4 Å². The molecule has 4 rings (SSSR count). The van der Waals surface area contributed by atoms with Crippen molar-refractivity contribution < 1.29 is 14.4 Å². The molecule has 1 N–H and O–H groups in total. The average Bonchev–Trinajstić information content (AvgIpc) is 3.30. The maximum Gasteiger partial charge on any atom is 0.254 e. The van der Waals surface area contributed by atoms with E-state index < -0.39 is 0 Å². The predicted octanol–water partition coefficient (Wildman–Crippen LogP) is 2.54. The van der Waals surface area contributed by atoms with Crippen LogP contribution in [-0.2, 0) is 22.6 Å². The van der Waals surface area contributed by atoms with E-state index in [0.29, 0.717) is 36.8 Å². The highest BCUT2D eigenvalue weighted by molar-refractivity contribution is 7.15. The molecule has 1 aromatic heterocycles. The molecule has 1 atom stereocenters. The molecule has 1 unspecified atom stereocenters. The molecule has 0 spiro atoms. The largest absolute Gasteiger partial charge is 0.339 e. The number of thiazole rings is 1. The fourth-order valence-corrected chi connectivity index (χ4v) is 4.83. The molecule has 152 valence electrons. The van der Waals surface area contributed by atoms with Crippen LogP contribution in [0.25, 0.3) is 0 Å². The zero-order valence-corrected chi connectivity index (χ0v) is 17.4. The number of carbonyl (C=O) groups is 3. The third kappa shape index (κ3) is 4.03. The van der Waals surface area contributed by atoms with Gasteiger partial charge in [0.1, 0.15) is 0 Å². The van der Waals surface area contributed by atoms with Crippen LogP contribution in [0.4, 0.5) is 5.13 Å². The average molecular weight is 413 g/mol. The Morgan fingerprint density at radius 1 is 1.24 bits per heavy atom. The lowest BCUT2D eigenvalue weighted by atomic mass is 10.1. The van der Waals surface area contributed by atoms with Crippen LogP contribution in [0, 0.1) is 5.92 Å². The minimum absolute atomic E-state index is 0.00785. The smallest absolute Gasteiger partial charge is 0.254 e. The number of nitrogens with zero attached hydrogens (tertiary/aromatic N) is 3. The van der Waals surface area contributed by atoms with Gasteiger partial charge >= 0.3 is 0 Å². The van der Waals surface area contributed by atoms with Crippen molar-refractivity contribution in [2.24, 2.45) is 5.92 Å². The summed E-state index contributed by atoms with van der Waals surface area (Å²) in [5, 5.41) is 3.43. The van der Waals surface area contributed by atoms with Crippen LogP contribution in [0.2, 0.25) is 0 Å². The van der Waals surface area contributed by atoms with Gasteiger partial charge in [-0.25, -0.2) is 4.98 Å². The lowest BCUT2D eigenvalue weighted by Crippen LogP contribution is -2.35. The molecule has 3 amide bonds. The highest BCUT2D eigenvalue weighted by atomic mass is 32.1. The van der Waals surface area contributed by atoms with Crippen LogP contribution >= 0.6 is 11.3 Å². The summed E-state index contributed by atoms with van der Waals surface area (Å²) in [5.74, 6) is -0.478. The highest BCUT2D eigenvalue weighted by Crippen LogP contribution is 2.30. The highest BCUT2D eigenvalue weighted by Gasteiger charge is 2.36. The van der Waals surface area contributed by atoms with Gasteiger partial charge in [0.2, 0.25) is 11.8 Å². The number of carbonyl (C=O) groups excluding carboxylic acids is 3. The number of hydrogen-bond acceptors (Lipinski definition) is 5. The summed E-state index contributed by atoms with van der Waals surface area (Å²) in [6.45, 7) is 5.47. The standard InChI is InChI=1S/C21H24N4O3S/c1-13(2)25-11-15(10-18(25)26)19(27)23-21-22-16-8-9-24(12-17(16)29-21)20(28)14-6-4-3-5-7-14/h3-7,13,15H,8-12H2,1-2H3,(H,22,23,27). The fraction of sp³-hybridized carbons (Fsp3) is 0.429. The Bertz CT molecular complexity index is 941. The van der Waals surface area contributed by atoms with E-state index in [9.17, 15) is 14.4 Å². The van der Waals surface area contributed by atoms with Crippen molar-refractivity contribution in [2.75, 3.05) is 18.4 Å². The Morgan fingerprint density at radius 3 is 2.69 bits per heavy atom. The number of fused-ring (bicyclic) bond motifs is 1. The normalized spacial score (nSPS) is 18.9. The van der Waals surface area contributed by atoms with Gasteiger partial charge in [0.15, 0.2) is 5.13 Å². The van der Waals surface area contributed by atoms with Crippen LogP contribution < -0.4 is 5.32 Å². The lowest BCUT2D eigenvalue weighted by molar-refractivity contribution is -0.129. The van der Waals surface area contributed by atoms with E-state index in [-0.39, 0.29) is 36.1 Å². The molecule has 0 radical (unpaired) electrons. The quantitative estimate of drug-likeness (QED) is 0.837. The second-order valence-corrected chi connectivity index (χ2v) is 8.85. The molecule has 1 aromatic carbocycles. The first-order chi connectivity index (χ1) is 13.9. The zero-order valence-electron chi connectivity index (χ0n) is 16.6. The van der Waals surface area contributed by atoms with Crippen molar-refractivity contribution >= 4 is 34.2 Å². The molecule has 3 heterocycles. The minimum Gasteiger partial charge on any atom is -0.339 e. The van der Waals surface area contributed by atoms with Crippen molar-refractivity contribution in [2.45, 2.75) is 39.3 Å². The van der Waals surface area contributed by atoms with Gasteiger partial charge in [-0.2, -0.15) is 0 Å². The molecule has 2 aliphatic heterocycles. The number of nitrogens with one attached hydrogen (secondary N) is 1. The van der Waals surface area contributed by atoms with E-state index >= 15 is 0 Å². The Labute approximate surface area is 173 Å². The molecule has 29 heavy (non-hydrogen) atoms. The van der Waals surface area contributed by atoms with Gasteiger partial charge < -0.3 is 15.1 Å². The topological polar surface area (TPSA) is 82.6 Å². The van der Waals surface area contributed by atoms with Crippen LogP contribution in [0.15, 0.2) is 30.3 Å². The molecule has 0 bridgehead atoms. The summed E-state index contributed by atoms with van der Waals surface area (Å²) < 4.78 is 0. The van der Waals surface area contributed by atoms with E-state index in [1.54, 1.807) is 4.90 Å². The second-order valence-electron chi connectivity index (χ2n) is 7.76. The van der Waals surface area contributed by atoms with Gasteiger partial charge in [-0.05, 0) is 26.0 Å². The number of rotatable bonds is 4. The molecular formula is C21H24N4O3S. The number of hydrogen-bond donors (Lipinski definition) is 1. The van der Waals surface area contributed by atoms with Crippen LogP contribution in [0.1, 0.15) is 41.2 Å². The summed E-state index contributed by atoms with van der Waals surface area (Å²) in [7, 11) is 0. The fourth-order valence-electron chi connectivity index (χ4n) is 3.80. The van der Waals surface area contributed by atoms with Crippen LogP contribution in [-0.4, -0.2) is 51.6 Å². The van der Waals surface area contributed by atoms with E-state index in [1.165, 1.54) is 11.3 Å². The van der Waals surface area contributed by atoms with Crippen LogP contribution in [0.5, 0.6) is 0 Å². The van der Waals surface area contributed by atoms with Gasteiger partial charge in [0.05, 0.1) is 18.2 Å².